The Kier molecular flexibility index (Phi) is 5.54. The molecule has 0 bridgehead atoms. The molecule has 0 fully saturated rings. The summed E-state index contributed by atoms with van der Waals surface area (Å²) in [6.07, 6.45) is 0. The van der Waals surface area contributed by atoms with E-state index in [1.807, 2.05) is 31.2 Å². The highest BCUT2D eigenvalue weighted by molar-refractivity contribution is 6.13. The van der Waals surface area contributed by atoms with Crippen molar-refractivity contribution in [3.05, 3.63) is 47.5 Å². The highest BCUT2D eigenvalue weighted by Crippen LogP contribution is 2.44. The number of pyridine rings is 1. The van der Waals surface area contributed by atoms with Gasteiger partial charge in [0.15, 0.2) is 17.5 Å². The van der Waals surface area contributed by atoms with Gasteiger partial charge >= 0.3 is 0 Å². The van der Waals surface area contributed by atoms with Gasteiger partial charge in [0, 0.05) is 10.9 Å². The van der Waals surface area contributed by atoms with Crippen LogP contribution in [0.1, 0.15) is 15.9 Å². The molecule has 1 heterocycles. The quantitative estimate of drug-likeness (QED) is 0.452. The minimum Gasteiger partial charge on any atom is -0.493 e. The summed E-state index contributed by atoms with van der Waals surface area (Å²) in [6, 6.07) is 11.0. The highest BCUT2D eigenvalue weighted by Gasteiger charge is 2.23. The summed E-state index contributed by atoms with van der Waals surface area (Å²) in [7, 11) is 4.49. The van der Waals surface area contributed by atoms with Crippen LogP contribution >= 0.6 is 0 Å². The monoisotopic (exact) mass is 394 g/mol. The lowest BCUT2D eigenvalue weighted by atomic mass is 10.00. The van der Waals surface area contributed by atoms with Crippen molar-refractivity contribution in [3.8, 4) is 28.5 Å². The average Bonchev–Trinajstić information content (AvgIpc) is 2.71. The topological polar surface area (TPSA) is 120 Å². The third-order valence-electron chi connectivity index (χ3n) is 4.52. The number of aryl methyl sites for hydroxylation is 1. The first-order chi connectivity index (χ1) is 13.9. The van der Waals surface area contributed by atoms with Crippen LogP contribution < -0.4 is 25.3 Å². The van der Waals surface area contributed by atoms with E-state index in [9.17, 15) is 4.79 Å². The van der Waals surface area contributed by atoms with Gasteiger partial charge in [-0.3, -0.25) is 15.5 Å². The molecule has 150 valence electrons. The second kappa shape index (κ2) is 8.05. The Morgan fingerprint density at radius 1 is 1.07 bits per heavy atom. The molecule has 0 radical (unpaired) electrons. The summed E-state index contributed by atoms with van der Waals surface area (Å²) in [5.74, 6) is 0.113. The van der Waals surface area contributed by atoms with E-state index in [0.717, 1.165) is 11.1 Å². The van der Waals surface area contributed by atoms with Gasteiger partial charge < -0.3 is 19.9 Å². The molecule has 1 amide bonds. The summed E-state index contributed by atoms with van der Waals surface area (Å²) in [6.45, 7) is 1.96. The van der Waals surface area contributed by atoms with E-state index in [1.165, 1.54) is 21.3 Å². The van der Waals surface area contributed by atoms with Gasteiger partial charge in [0.1, 0.15) is 5.52 Å². The molecule has 0 saturated carbocycles. The number of aromatic nitrogens is 1. The smallest absolute Gasteiger partial charge is 0.258 e. The summed E-state index contributed by atoms with van der Waals surface area (Å²) >= 11 is 0. The fourth-order valence-corrected chi connectivity index (χ4v) is 3.20. The van der Waals surface area contributed by atoms with Crippen LogP contribution in [0.25, 0.3) is 22.2 Å². The number of amides is 1. The van der Waals surface area contributed by atoms with Crippen molar-refractivity contribution in [2.24, 2.45) is 5.73 Å². The number of carbonyl (C=O) groups is 1. The van der Waals surface area contributed by atoms with Gasteiger partial charge in [-0.15, -0.1) is 0 Å². The number of nitrogens with two attached hydrogens (primary N) is 1. The number of nitrogens with one attached hydrogen (secondary N) is 2. The van der Waals surface area contributed by atoms with Crippen LogP contribution in [0, 0.1) is 12.3 Å². The second-order valence-electron chi connectivity index (χ2n) is 6.28. The number of ether oxygens (including phenoxy) is 3. The van der Waals surface area contributed by atoms with Crippen molar-refractivity contribution in [3.63, 3.8) is 0 Å². The number of fused-ring (bicyclic) bond motifs is 1. The fraction of sp³-hybridized carbons (Fsp3) is 0.190. The summed E-state index contributed by atoms with van der Waals surface area (Å²) in [5.41, 5.74) is 8.52. The van der Waals surface area contributed by atoms with Gasteiger partial charge in [0.05, 0.1) is 32.6 Å². The number of rotatable bonds is 5. The maximum Gasteiger partial charge on any atom is 0.258 e. The van der Waals surface area contributed by atoms with E-state index in [0.29, 0.717) is 33.8 Å². The van der Waals surface area contributed by atoms with E-state index in [4.69, 9.17) is 30.3 Å². The molecule has 29 heavy (non-hydrogen) atoms. The fourth-order valence-electron chi connectivity index (χ4n) is 3.20. The van der Waals surface area contributed by atoms with Crippen LogP contribution in [0.5, 0.6) is 17.2 Å². The van der Waals surface area contributed by atoms with Gasteiger partial charge in [0.25, 0.3) is 5.91 Å². The van der Waals surface area contributed by atoms with Gasteiger partial charge in [0.2, 0.25) is 5.75 Å². The lowest BCUT2D eigenvalue weighted by molar-refractivity contribution is 0.0978. The van der Waals surface area contributed by atoms with Crippen molar-refractivity contribution in [1.82, 2.24) is 10.3 Å². The lowest BCUT2D eigenvalue weighted by Gasteiger charge is -2.17. The number of nitrogens with zero attached hydrogens (tertiary/aromatic N) is 1. The van der Waals surface area contributed by atoms with Crippen LogP contribution in [-0.2, 0) is 0 Å². The zero-order chi connectivity index (χ0) is 21.1. The Morgan fingerprint density at radius 2 is 1.76 bits per heavy atom. The summed E-state index contributed by atoms with van der Waals surface area (Å²) in [5, 5.41) is 10.2. The number of hydrogen-bond acceptors (Lipinski definition) is 6. The molecule has 0 spiro atoms. The number of hydrogen-bond donors (Lipinski definition) is 3. The Bertz CT molecular complexity index is 1110. The molecule has 0 aliphatic heterocycles. The third-order valence-corrected chi connectivity index (χ3v) is 4.52. The molecule has 3 rings (SSSR count). The normalized spacial score (nSPS) is 10.5. The first-order valence-corrected chi connectivity index (χ1v) is 8.76. The Balaban J connectivity index is 2.43. The van der Waals surface area contributed by atoms with Crippen LogP contribution in [0.4, 0.5) is 0 Å². The standard InChI is InChI=1S/C21H22N4O4/c1-11-7-5-6-8-12(11)15-9-14(20(26)25-21(22)23)13-10-16(27-2)18(28-3)19(29-4)17(13)24-15/h5-10H,1-4H3,(H4,22,23,25,26). The van der Waals surface area contributed by atoms with Gasteiger partial charge in [-0.2, -0.15) is 0 Å². The molecule has 8 nitrogen and oxygen atoms in total. The number of methoxy groups -OCH3 is 3. The first-order valence-electron chi connectivity index (χ1n) is 8.76. The van der Waals surface area contributed by atoms with Crippen molar-refractivity contribution >= 4 is 22.8 Å². The zero-order valence-corrected chi connectivity index (χ0v) is 16.6. The average molecular weight is 394 g/mol. The SMILES string of the molecule is COc1cc2c(C(=O)NC(=N)N)cc(-c3ccccc3C)nc2c(OC)c1OC. The van der Waals surface area contributed by atoms with E-state index in [1.54, 1.807) is 12.1 Å². The molecule has 0 unspecified atom stereocenters. The van der Waals surface area contributed by atoms with Crippen molar-refractivity contribution < 1.29 is 19.0 Å². The molecule has 0 aliphatic rings. The van der Waals surface area contributed by atoms with Crippen molar-refractivity contribution in [2.75, 3.05) is 21.3 Å². The summed E-state index contributed by atoms with van der Waals surface area (Å²) in [4.78, 5) is 17.6. The van der Waals surface area contributed by atoms with Crippen LogP contribution in [0.3, 0.4) is 0 Å². The van der Waals surface area contributed by atoms with E-state index >= 15 is 0 Å². The first kappa shape index (κ1) is 19.9. The molecule has 4 N–H and O–H groups in total. The molecule has 0 aliphatic carbocycles. The lowest BCUT2D eigenvalue weighted by Crippen LogP contribution is -2.35. The van der Waals surface area contributed by atoms with Crippen LogP contribution in [0.2, 0.25) is 0 Å². The molecule has 0 atom stereocenters. The maximum absolute atomic E-state index is 12.8. The van der Waals surface area contributed by atoms with Gasteiger partial charge in [-0.25, -0.2) is 4.98 Å². The Hall–Kier alpha value is -3.81. The largest absolute Gasteiger partial charge is 0.493 e. The minimum atomic E-state index is -0.533. The number of carbonyl (C=O) groups excluding carboxylic acids is 1. The van der Waals surface area contributed by atoms with E-state index in [2.05, 4.69) is 5.32 Å². The number of benzene rings is 2. The zero-order valence-electron chi connectivity index (χ0n) is 16.6. The van der Waals surface area contributed by atoms with Crippen LogP contribution in [0.15, 0.2) is 36.4 Å². The molecule has 0 saturated heterocycles. The summed E-state index contributed by atoms with van der Waals surface area (Å²) < 4.78 is 16.4. The van der Waals surface area contributed by atoms with Gasteiger partial charge in [-0.1, -0.05) is 24.3 Å². The maximum atomic E-state index is 12.8. The predicted molar refractivity (Wildman–Crippen MR) is 111 cm³/mol. The highest BCUT2D eigenvalue weighted by atomic mass is 16.5. The predicted octanol–water partition coefficient (Wildman–Crippen LogP) is 2.86. The molecular formula is C21H22N4O4. The Labute approximate surface area is 168 Å². The van der Waals surface area contributed by atoms with Crippen molar-refractivity contribution in [1.29, 1.82) is 5.41 Å². The van der Waals surface area contributed by atoms with Crippen LogP contribution in [-0.4, -0.2) is 38.2 Å². The molecular weight excluding hydrogens is 372 g/mol. The molecule has 8 heteroatoms. The second-order valence-corrected chi connectivity index (χ2v) is 6.28. The molecule has 1 aromatic heterocycles. The number of guanidine groups is 1. The minimum absolute atomic E-state index is 0.280. The van der Waals surface area contributed by atoms with E-state index in [-0.39, 0.29) is 5.56 Å². The van der Waals surface area contributed by atoms with Crippen molar-refractivity contribution in [2.45, 2.75) is 6.92 Å². The van der Waals surface area contributed by atoms with Gasteiger partial charge in [-0.05, 0) is 24.6 Å². The molecule has 2 aromatic carbocycles. The Morgan fingerprint density at radius 3 is 2.34 bits per heavy atom. The third kappa shape index (κ3) is 3.64. The molecule has 3 aromatic rings. The van der Waals surface area contributed by atoms with E-state index < -0.39 is 11.9 Å².